The van der Waals surface area contributed by atoms with Crippen molar-refractivity contribution in [2.45, 2.75) is 63.7 Å². The summed E-state index contributed by atoms with van der Waals surface area (Å²) in [6.45, 7) is 3.39. The van der Waals surface area contributed by atoms with E-state index >= 15 is 0 Å². The number of nitrogens with one attached hydrogen (secondary N) is 1. The third-order valence-electron chi connectivity index (χ3n) is 8.09. The molecule has 0 unspecified atom stereocenters. The Balaban J connectivity index is 1.10. The SMILES string of the molecule is COC(=O)c1ccc(N2CC3(CC[NH+](Cc4cc(OC5CC5)c(F)c(OC5CC5)c4)CC3)CC2=O)cc1. The van der Waals surface area contributed by atoms with Crippen molar-refractivity contribution in [3.8, 4) is 11.5 Å². The molecule has 4 fully saturated rings. The smallest absolute Gasteiger partial charge is 0.337 e. The molecule has 7 nitrogen and oxygen atoms in total. The van der Waals surface area contributed by atoms with Crippen molar-refractivity contribution in [1.82, 2.24) is 0 Å². The standard InChI is InChI=1S/C29H33FN2O5/c1-35-28(34)20-2-4-21(5-3-20)32-18-29(16-26(32)33)10-12-31(13-11-29)17-19-14-24(36-22-6-7-22)27(30)25(15-19)37-23-8-9-23/h2-5,14-15,22-23H,6-13,16-18H2,1H3/p+1. The Morgan fingerprint density at radius 1 is 1.03 bits per heavy atom. The predicted octanol–water partition coefficient (Wildman–Crippen LogP) is 3.30. The maximum Gasteiger partial charge on any atom is 0.337 e. The van der Waals surface area contributed by atoms with Gasteiger partial charge < -0.3 is 24.0 Å². The maximum atomic E-state index is 15.0. The first-order valence-electron chi connectivity index (χ1n) is 13.4. The summed E-state index contributed by atoms with van der Waals surface area (Å²) in [5.41, 5.74) is 2.31. The molecular weight excluding hydrogens is 475 g/mol. The van der Waals surface area contributed by atoms with Gasteiger partial charge in [0.05, 0.1) is 38.0 Å². The van der Waals surface area contributed by atoms with E-state index in [2.05, 4.69) is 0 Å². The van der Waals surface area contributed by atoms with Crippen LogP contribution in [-0.2, 0) is 16.1 Å². The van der Waals surface area contributed by atoms with Crippen molar-refractivity contribution < 1.29 is 33.1 Å². The van der Waals surface area contributed by atoms with Crippen LogP contribution in [0.25, 0.3) is 0 Å². The Kier molecular flexibility index (Phi) is 6.31. The second-order valence-corrected chi connectivity index (χ2v) is 11.2. The maximum absolute atomic E-state index is 15.0. The fourth-order valence-electron chi connectivity index (χ4n) is 5.59. The summed E-state index contributed by atoms with van der Waals surface area (Å²) in [4.78, 5) is 28.0. The molecule has 2 aliphatic heterocycles. The first-order valence-corrected chi connectivity index (χ1v) is 13.4. The quantitative estimate of drug-likeness (QED) is 0.553. The molecule has 4 aliphatic rings. The van der Waals surface area contributed by atoms with Gasteiger partial charge in [-0.25, -0.2) is 4.79 Å². The number of ether oxygens (including phenoxy) is 3. The second-order valence-electron chi connectivity index (χ2n) is 11.2. The molecule has 2 aliphatic carbocycles. The van der Waals surface area contributed by atoms with Crippen LogP contribution >= 0.6 is 0 Å². The van der Waals surface area contributed by atoms with Gasteiger partial charge in [0.25, 0.3) is 0 Å². The van der Waals surface area contributed by atoms with E-state index in [0.717, 1.165) is 69.4 Å². The summed E-state index contributed by atoms with van der Waals surface area (Å²) in [6.07, 6.45) is 6.64. The van der Waals surface area contributed by atoms with E-state index in [1.807, 2.05) is 29.2 Å². The molecule has 37 heavy (non-hydrogen) atoms. The summed E-state index contributed by atoms with van der Waals surface area (Å²) < 4.78 is 31.5. The zero-order valence-electron chi connectivity index (χ0n) is 21.3. The fourth-order valence-corrected chi connectivity index (χ4v) is 5.59. The van der Waals surface area contributed by atoms with Crippen LogP contribution in [0.15, 0.2) is 36.4 Å². The number of rotatable bonds is 8. The number of carbonyl (C=O) groups is 2. The Morgan fingerprint density at radius 3 is 2.16 bits per heavy atom. The highest BCUT2D eigenvalue weighted by Crippen LogP contribution is 2.41. The Morgan fingerprint density at radius 2 is 1.62 bits per heavy atom. The molecule has 0 bridgehead atoms. The van der Waals surface area contributed by atoms with Crippen LogP contribution in [0.1, 0.15) is 60.9 Å². The van der Waals surface area contributed by atoms with E-state index in [-0.39, 0.29) is 35.3 Å². The third-order valence-corrected chi connectivity index (χ3v) is 8.09. The monoisotopic (exact) mass is 509 g/mol. The minimum Gasteiger partial charge on any atom is -0.487 e. The normalized spacial score (nSPS) is 25.4. The van der Waals surface area contributed by atoms with E-state index in [4.69, 9.17) is 14.2 Å². The van der Waals surface area contributed by atoms with Gasteiger partial charge in [0, 0.05) is 42.5 Å². The highest BCUT2D eigenvalue weighted by molar-refractivity contribution is 5.97. The lowest BCUT2D eigenvalue weighted by molar-refractivity contribution is -0.921. The molecule has 2 saturated carbocycles. The van der Waals surface area contributed by atoms with Crippen LogP contribution < -0.4 is 19.3 Å². The van der Waals surface area contributed by atoms with Gasteiger partial charge in [0.1, 0.15) is 6.54 Å². The van der Waals surface area contributed by atoms with Gasteiger partial charge in [-0.05, 0) is 62.1 Å². The van der Waals surface area contributed by atoms with Crippen molar-refractivity contribution in [3.05, 3.63) is 53.3 Å². The number of piperidine rings is 1. The number of esters is 1. The molecule has 1 spiro atoms. The Bertz CT molecular complexity index is 1150. The number of likely N-dealkylation sites (tertiary alicyclic amines) is 1. The number of carbonyl (C=O) groups excluding carboxylic acids is 2. The Labute approximate surface area is 216 Å². The summed E-state index contributed by atoms with van der Waals surface area (Å²) in [5.74, 6) is 0.0122. The lowest BCUT2D eigenvalue weighted by Gasteiger charge is -2.36. The summed E-state index contributed by atoms with van der Waals surface area (Å²) in [5, 5.41) is 0. The molecule has 2 aromatic carbocycles. The van der Waals surface area contributed by atoms with Gasteiger partial charge >= 0.3 is 5.97 Å². The molecule has 1 N–H and O–H groups in total. The molecular formula is C29H34FN2O5+. The number of amides is 1. The zero-order valence-corrected chi connectivity index (χ0v) is 21.3. The molecule has 2 saturated heterocycles. The number of quaternary nitrogens is 1. The van der Waals surface area contributed by atoms with Crippen molar-refractivity contribution in [3.63, 3.8) is 0 Å². The first-order chi connectivity index (χ1) is 17.9. The number of hydrogen-bond donors (Lipinski definition) is 1. The van der Waals surface area contributed by atoms with Crippen LogP contribution in [0.3, 0.4) is 0 Å². The lowest BCUT2D eigenvalue weighted by Crippen LogP contribution is -3.12. The summed E-state index contributed by atoms with van der Waals surface area (Å²) >= 11 is 0. The molecule has 1 amide bonds. The number of anilines is 1. The fraction of sp³-hybridized carbons (Fsp3) is 0.517. The van der Waals surface area contributed by atoms with Gasteiger partial charge in [0.15, 0.2) is 11.5 Å². The van der Waals surface area contributed by atoms with Gasteiger partial charge in [-0.1, -0.05) is 0 Å². The van der Waals surface area contributed by atoms with Crippen molar-refractivity contribution in [2.75, 3.05) is 31.6 Å². The van der Waals surface area contributed by atoms with Crippen molar-refractivity contribution in [1.29, 1.82) is 0 Å². The second kappa shape index (κ2) is 9.63. The van der Waals surface area contributed by atoms with Gasteiger partial charge in [-0.15, -0.1) is 0 Å². The van der Waals surface area contributed by atoms with Gasteiger partial charge in [0.2, 0.25) is 11.7 Å². The summed E-state index contributed by atoms with van der Waals surface area (Å²) in [6, 6.07) is 10.8. The molecule has 8 heteroatoms. The van der Waals surface area contributed by atoms with E-state index in [1.54, 1.807) is 12.1 Å². The van der Waals surface area contributed by atoms with Gasteiger partial charge in [-0.3, -0.25) is 4.79 Å². The highest BCUT2D eigenvalue weighted by Gasteiger charge is 2.46. The summed E-state index contributed by atoms with van der Waals surface area (Å²) in [7, 11) is 1.36. The molecule has 196 valence electrons. The van der Waals surface area contributed by atoms with Crippen molar-refractivity contribution in [2.24, 2.45) is 5.41 Å². The molecule has 0 aromatic heterocycles. The number of hydrogen-bond acceptors (Lipinski definition) is 5. The molecule has 6 rings (SSSR count). The topological polar surface area (TPSA) is 69.5 Å². The molecule has 2 aromatic rings. The van der Waals surface area contributed by atoms with Crippen LogP contribution in [0.5, 0.6) is 11.5 Å². The lowest BCUT2D eigenvalue weighted by atomic mass is 9.77. The third kappa shape index (κ3) is 5.30. The van der Waals surface area contributed by atoms with E-state index in [1.165, 1.54) is 12.0 Å². The minimum atomic E-state index is -0.385. The predicted molar refractivity (Wildman–Crippen MR) is 135 cm³/mol. The van der Waals surface area contributed by atoms with Crippen LogP contribution in [0, 0.1) is 11.2 Å². The van der Waals surface area contributed by atoms with Crippen molar-refractivity contribution >= 4 is 17.6 Å². The molecule has 2 heterocycles. The number of benzene rings is 2. The largest absolute Gasteiger partial charge is 0.487 e. The first kappa shape index (κ1) is 24.2. The van der Waals surface area contributed by atoms with E-state index in [9.17, 15) is 14.0 Å². The minimum absolute atomic E-state index is 0.0229. The average molecular weight is 510 g/mol. The van der Waals surface area contributed by atoms with E-state index in [0.29, 0.717) is 30.0 Å². The average Bonchev–Trinajstić information content (AvgIpc) is 3.84. The number of nitrogens with zero attached hydrogens (tertiary/aromatic N) is 1. The van der Waals surface area contributed by atoms with Crippen LogP contribution in [-0.4, -0.2) is 50.8 Å². The van der Waals surface area contributed by atoms with E-state index < -0.39 is 0 Å². The molecule has 0 atom stereocenters. The van der Waals surface area contributed by atoms with Gasteiger partial charge in [-0.2, -0.15) is 4.39 Å². The molecule has 0 radical (unpaired) electrons. The number of methoxy groups -OCH3 is 1. The number of halogens is 1. The zero-order chi connectivity index (χ0) is 25.6. The Hall–Kier alpha value is -3.13. The van der Waals surface area contributed by atoms with Crippen LogP contribution in [0.2, 0.25) is 0 Å². The van der Waals surface area contributed by atoms with Crippen LogP contribution in [0.4, 0.5) is 10.1 Å². The highest BCUT2D eigenvalue weighted by atomic mass is 19.1.